The second kappa shape index (κ2) is 6.57. The van der Waals surface area contributed by atoms with Gasteiger partial charge in [0.2, 0.25) is 5.82 Å². The highest BCUT2D eigenvalue weighted by Crippen LogP contribution is 2.22. The molecule has 0 aromatic heterocycles. The SMILES string of the molecule is CCOC(C)(C)CNC(=O)c1cc(F)cc([N+](=O)[O-])c1F. The summed E-state index contributed by atoms with van der Waals surface area (Å²) in [5.74, 6) is -3.37. The van der Waals surface area contributed by atoms with E-state index in [0.717, 1.165) is 0 Å². The smallest absolute Gasteiger partial charge is 0.308 e. The molecule has 1 rings (SSSR count). The van der Waals surface area contributed by atoms with E-state index in [9.17, 15) is 23.7 Å². The van der Waals surface area contributed by atoms with Crippen molar-refractivity contribution < 1.29 is 23.2 Å². The van der Waals surface area contributed by atoms with Gasteiger partial charge in [-0.2, -0.15) is 4.39 Å². The predicted octanol–water partition coefficient (Wildman–Crippen LogP) is 2.42. The summed E-state index contributed by atoms with van der Waals surface area (Å²) < 4.78 is 32.4. The molecule has 0 spiro atoms. The van der Waals surface area contributed by atoms with Crippen LogP contribution in [0.5, 0.6) is 0 Å². The molecule has 116 valence electrons. The molecule has 0 aliphatic rings. The summed E-state index contributed by atoms with van der Waals surface area (Å²) in [7, 11) is 0. The fourth-order valence-electron chi connectivity index (χ4n) is 1.70. The lowest BCUT2D eigenvalue weighted by Crippen LogP contribution is -2.40. The first-order valence-corrected chi connectivity index (χ1v) is 6.23. The number of nitro benzene ring substituents is 1. The van der Waals surface area contributed by atoms with E-state index >= 15 is 0 Å². The van der Waals surface area contributed by atoms with Crippen LogP contribution in [0, 0.1) is 21.7 Å². The van der Waals surface area contributed by atoms with Gasteiger partial charge in [0.05, 0.1) is 22.2 Å². The molecule has 0 fully saturated rings. The molecule has 1 N–H and O–H groups in total. The summed E-state index contributed by atoms with van der Waals surface area (Å²) in [6, 6.07) is 1.04. The topological polar surface area (TPSA) is 81.5 Å². The summed E-state index contributed by atoms with van der Waals surface area (Å²) in [6.07, 6.45) is 0. The maximum atomic E-state index is 13.8. The number of carbonyl (C=O) groups is 1. The lowest BCUT2D eigenvalue weighted by Gasteiger charge is -2.24. The van der Waals surface area contributed by atoms with Crippen LogP contribution in [0.3, 0.4) is 0 Å². The minimum atomic E-state index is -1.37. The molecule has 0 heterocycles. The van der Waals surface area contributed by atoms with Crippen molar-refractivity contribution in [1.82, 2.24) is 5.32 Å². The molecule has 0 unspecified atom stereocenters. The van der Waals surface area contributed by atoms with Gasteiger partial charge < -0.3 is 10.1 Å². The van der Waals surface area contributed by atoms with Crippen molar-refractivity contribution >= 4 is 11.6 Å². The molecule has 1 amide bonds. The van der Waals surface area contributed by atoms with E-state index in [2.05, 4.69) is 5.32 Å². The fraction of sp³-hybridized carbons (Fsp3) is 0.462. The molecule has 0 bridgehead atoms. The number of halogens is 2. The first kappa shape index (κ1) is 17.0. The monoisotopic (exact) mass is 302 g/mol. The molecule has 0 atom stereocenters. The van der Waals surface area contributed by atoms with Crippen LogP contribution >= 0.6 is 0 Å². The number of ether oxygens (including phenoxy) is 1. The highest BCUT2D eigenvalue weighted by Gasteiger charge is 2.26. The molecule has 21 heavy (non-hydrogen) atoms. The molecule has 6 nitrogen and oxygen atoms in total. The van der Waals surface area contributed by atoms with Gasteiger partial charge in [-0.1, -0.05) is 0 Å². The molecule has 1 aromatic rings. The largest absolute Gasteiger partial charge is 0.374 e. The third kappa shape index (κ3) is 4.45. The predicted molar refractivity (Wildman–Crippen MR) is 71.1 cm³/mol. The fourth-order valence-corrected chi connectivity index (χ4v) is 1.70. The summed E-state index contributed by atoms with van der Waals surface area (Å²) in [4.78, 5) is 21.4. The second-order valence-corrected chi connectivity index (χ2v) is 4.92. The summed E-state index contributed by atoms with van der Waals surface area (Å²) >= 11 is 0. The number of benzene rings is 1. The summed E-state index contributed by atoms with van der Waals surface area (Å²) in [5.41, 5.74) is -2.49. The molecule has 0 radical (unpaired) electrons. The Hall–Kier alpha value is -2.09. The molecule has 0 aliphatic carbocycles. The van der Waals surface area contributed by atoms with E-state index in [0.29, 0.717) is 18.7 Å². The van der Waals surface area contributed by atoms with E-state index in [1.807, 2.05) is 0 Å². The Morgan fingerprint density at radius 3 is 2.57 bits per heavy atom. The highest BCUT2D eigenvalue weighted by atomic mass is 19.1. The standard InChI is InChI=1S/C13H16F2N2O4/c1-4-21-13(2,3)7-16-12(18)9-5-8(14)6-10(11(9)15)17(19)20/h5-6H,4,7H2,1-3H3,(H,16,18). The van der Waals surface area contributed by atoms with E-state index in [1.165, 1.54) is 0 Å². The van der Waals surface area contributed by atoms with Crippen molar-refractivity contribution in [3.63, 3.8) is 0 Å². The Balaban J connectivity index is 2.96. The van der Waals surface area contributed by atoms with Crippen molar-refractivity contribution in [1.29, 1.82) is 0 Å². The van der Waals surface area contributed by atoms with E-state index in [-0.39, 0.29) is 6.54 Å². The lowest BCUT2D eigenvalue weighted by atomic mass is 10.1. The Labute approximate surface area is 120 Å². The van der Waals surface area contributed by atoms with Gasteiger partial charge in [0, 0.05) is 13.2 Å². The normalized spacial score (nSPS) is 11.3. The van der Waals surface area contributed by atoms with Crippen molar-refractivity contribution in [2.24, 2.45) is 0 Å². The highest BCUT2D eigenvalue weighted by molar-refractivity contribution is 5.95. The van der Waals surface area contributed by atoms with E-state index in [4.69, 9.17) is 4.74 Å². The number of hydrogen-bond donors (Lipinski definition) is 1. The average Bonchev–Trinajstić information content (AvgIpc) is 2.38. The molecule has 0 saturated heterocycles. The number of nitrogens with zero attached hydrogens (tertiary/aromatic N) is 1. The molecule has 0 saturated carbocycles. The molecule has 1 aromatic carbocycles. The number of carbonyl (C=O) groups excluding carboxylic acids is 1. The van der Waals surface area contributed by atoms with Crippen LogP contribution < -0.4 is 5.32 Å². The van der Waals surface area contributed by atoms with E-state index < -0.39 is 39.3 Å². The Bertz CT molecular complexity index is 561. The van der Waals surface area contributed by atoms with Crippen LogP contribution in [-0.4, -0.2) is 29.6 Å². The summed E-state index contributed by atoms with van der Waals surface area (Å²) in [5, 5.41) is 13.0. The van der Waals surface area contributed by atoms with Crippen molar-refractivity contribution in [3.05, 3.63) is 39.4 Å². The Morgan fingerprint density at radius 2 is 2.05 bits per heavy atom. The Morgan fingerprint density at radius 1 is 1.43 bits per heavy atom. The maximum absolute atomic E-state index is 13.8. The lowest BCUT2D eigenvalue weighted by molar-refractivity contribution is -0.387. The molecule has 8 heteroatoms. The van der Waals surface area contributed by atoms with E-state index in [1.54, 1.807) is 20.8 Å². The minimum absolute atomic E-state index is 0.0451. The number of nitrogens with one attached hydrogen (secondary N) is 1. The third-order valence-corrected chi connectivity index (χ3v) is 2.67. The number of rotatable bonds is 6. The van der Waals surface area contributed by atoms with Crippen LogP contribution in [0.15, 0.2) is 12.1 Å². The number of nitro groups is 1. The van der Waals surface area contributed by atoms with Gasteiger partial charge in [0.25, 0.3) is 5.91 Å². The molecular weight excluding hydrogens is 286 g/mol. The maximum Gasteiger partial charge on any atom is 0.308 e. The summed E-state index contributed by atoms with van der Waals surface area (Å²) in [6.45, 7) is 5.66. The third-order valence-electron chi connectivity index (χ3n) is 2.67. The van der Waals surface area contributed by atoms with Gasteiger partial charge in [-0.15, -0.1) is 0 Å². The van der Waals surface area contributed by atoms with Gasteiger partial charge in [0.1, 0.15) is 5.82 Å². The average molecular weight is 302 g/mol. The van der Waals surface area contributed by atoms with Crippen LogP contribution in [0.2, 0.25) is 0 Å². The van der Waals surface area contributed by atoms with Gasteiger partial charge in [-0.25, -0.2) is 4.39 Å². The molecule has 0 aliphatic heterocycles. The zero-order valence-corrected chi connectivity index (χ0v) is 11.9. The van der Waals surface area contributed by atoms with Crippen LogP contribution in [0.4, 0.5) is 14.5 Å². The zero-order chi connectivity index (χ0) is 16.2. The first-order valence-electron chi connectivity index (χ1n) is 6.23. The minimum Gasteiger partial charge on any atom is -0.374 e. The van der Waals surface area contributed by atoms with Crippen LogP contribution in [-0.2, 0) is 4.74 Å². The Kier molecular flexibility index (Phi) is 5.31. The van der Waals surface area contributed by atoms with Gasteiger partial charge >= 0.3 is 5.69 Å². The second-order valence-electron chi connectivity index (χ2n) is 4.92. The van der Waals surface area contributed by atoms with Crippen molar-refractivity contribution in [2.75, 3.05) is 13.2 Å². The molecular formula is C13H16F2N2O4. The number of amides is 1. The van der Waals surface area contributed by atoms with Gasteiger partial charge in [-0.05, 0) is 26.8 Å². The quantitative estimate of drug-likeness (QED) is 0.646. The number of hydrogen-bond acceptors (Lipinski definition) is 4. The van der Waals surface area contributed by atoms with Crippen LogP contribution in [0.25, 0.3) is 0 Å². The first-order chi connectivity index (χ1) is 9.68. The van der Waals surface area contributed by atoms with Crippen LogP contribution in [0.1, 0.15) is 31.1 Å². The van der Waals surface area contributed by atoms with Crippen molar-refractivity contribution in [3.8, 4) is 0 Å². The van der Waals surface area contributed by atoms with Gasteiger partial charge in [0.15, 0.2) is 0 Å². The van der Waals surface area contributed by atoms with Crippen molar-refractivity contribution in [2.45, 2.75) is 26.4 Å². The zero-order valence-electron chi connectivity index (χ0n) is 11.9. The van der Waals surface area contributed by atoms with Gasteiger partial charge in [-0.3, -0.25) is 14.9 Å².